The number of urea groups is 1. The monoisotopic (exact) mass is 293 g/mol. The second-order valence-electron chi connectivity index (χ2n) is 4.93. The first kappa shape index (κ1) is 13.0. The highest BCUT2D eigenvalue weighted by atomic mass is 32.1. The number of aromatic nitrogens is 3. The normalized spacial score (nSPS) is 14.3. The third-order valence-electron chi connectivity index (χ3n) is 3.00. The molecule has 1 fully saturated rings. The fourth-order valence-electron chi connectivity index (χ4n) is 1.77. The van der Waals surface area contributed by atoms with Crippen LogP contribution in [-0.2, 0) is 6.54 Å². The molecule has 0 saturated heterocycles. The number of nitrogens with zero attached hydrogens (tertiary/aromatic N) is 4. The fraction of sp³-hybridized carbons (Fsp3) is 0.500. The Hall–Kier alpha value is -1.96. The molecule has 0 atom stereocenters. The molecule has 1 aliphatic carbocycles. The van der Waals surface area contributed by atoms with Gasteiger partial charge in [-0.15, -0.1) is 10.2 Å². The molecule has 1 aliphatic rings. The molecule has 0 spiro atoms. The lowest BCUT2D eigenvalue weighted by Crippen LogP contribution is -2.30. The Morgan fingerprint density at radius 2 is 2.35 bits per heavy atom. The Morgan fingerprint density at radius 1 is 1.55 bits per heavy atom. The average molecular weight is 293 g/mol. The first-order valence-electron chi connectivity index (χ1n) is 6.39. The lowest BCUT2D eigenvalue weighted by molar-refractivity contribution is 0.219. The van der Waals surface area contributed by atoms with Gasteiger partial charge in [0.25, 0.3) is 0 Å². The van der Waals surface area contributed by atoms with Crippen molar-refractivity contribution < 1.29 is 9.32 Å². The first-order chi connectivity index (χ1) is 9.61. The summed E-state index contributed by atoms with van der Waals surface area (Å²) in [7, 11) is 1.70. The van der Waals surface area contributed by atoms with Crippen molar-refractivity contribution in [3.05, 3.63) is 22.5 Å². The summed E-state index contributed by atoms with van der Waals surface area (Å²) < 4.78 is 4.97. The number of amides is 2. The predicted octanol–water partition coefficient (Wildman–Crippen LogP) is 2.38. The Morgan fingerprint density at radius 3 is 3.00 bits per heavy atom. The largest absolute Gasteiger partial charge is 0.361 e. The Balaban J connectivity index is 1.57. The van der Waals surface area contributed by atoms with Crippen molar-refractivity contribution in [2.45, 2.75) is 32.2 Å². The summed E-state index contributed by atoms with van der Waals surface area (Å²) in [6.07, 6.45) is 2.35. The predicted molar refractivity (Wildman–Crippen MR) is 73.6 cm³/mol. The number of rotatable bonds is 4. The summed E-state index contributed by atoms with van der Waals surface area (Å²) in [6.45, 7) is 2.20. The van der Waals surface area contributed by atoms with Gasteiger partial charge < -0.3 is 9.42 Å². The van der Waals surface area contributed by atoms with Gasteiger partial charge in [0, 0.05) is 19.0 Å². The van der Waals surface area contributed by atoms with Crippen LogP contribution in [0.15, 0.2) is 10.6 Å². The average Bonchev–Trinajstić information content (AvgIpc) is 3.03. The van der Waals surface area contributed by atoms with E-state index in [4.69, 9.17) is 4.52 Å². The molecule has 0 unspecified atom stereocenters. The van der Waals surface area contributed by atoms with Gasteiger partial charge in [-0.2, -0.15) is 0 Å². The quantitative estimate of drug-likeness (QED) is 0.935. The molecule has 1 saturated carbocycles. The lowest BCUT2D eigenvalue weighted by atomic mass is 10.3. The summed E-state index contributed by atoms with van der Waals surface area (Å²) in [5.74, 6) is 1.28. The van der Waals surface area contributed by atoms with Crippen LogP contribution in [0.4, 0.5) is 9.93 Å². The zero-order chi connectivity index (χ0) is 14.1. The molecular weight excluding hydrogens is 278 g/mol. The highest BCUT2D eigenvalue weighted by Crippen LogP contribution is 2.42. The van der Waals surface area contributed by atoms with E-state index in [1.807, 2.05) is 6.92 Å². The summed E-state index contributed by atoms with van der Waals surface area (Å²) in [5, 5.41) is 16.2. The number of hydrogen-bond acceptors (Lipinski definition) is 6. The van der Waals surface area contributed by atoms with Gasteiger partial charge in [-0.05, 0) is 19.8 Å². The molecule has 106 valence electrons. The van der Waals surface area contributed by atoms with Crippen LogP contribution in [0.1, 0.15) is 35.2 Å². The molecule has 2 amide bonds. The van der Waals surface area contributed by atoms with Gasteiger partial charge in [0.15, 0.2) is 0 Å². The first-order valence-corrected chi connectivity index (χ1v) is 7.21. The third kappa shape index (κ3) is 2.96. The second kappa shape index (κ2) is 5.20. The molecule has 7 nitrogen and oxygen atoms in total. The number of carbonyl (C=O) groups excluding carboxylic acids is 1. The summed E-state index contributed by atoms with van der Waals surface area (Å²) >= 11 is 1.44. The van der Waals surface area contributed by atoms with Gasteiger partial charge in [-0.25, -0.2) is 4.79 Å². The number of anilines is 1. The van der Waals surface area contributed by atoms with Crippen LogP contribution in [0, 0.1) is 6.92 Å². The zero-order valence-corrected chi connectivity index (χ0v) is 12.1. The van der Waals surface area contributed by atoms with Crippen LogP contribution in [0.5, 0.6) is 0 Å². The number of hydrogen-bond donors (Lipinski definition) is 1. The van der Waals surface area contributed by atoms with Crippen LogP contribution in [0.25, 0.3) is 0 Å². The van der Waals surface area contributed by atoms with E-state index in [1.165, 1.54) is 29.1 Å². The fourth-order valence-corrected chi connectivity index (χ4v) is 2.68. The van der Waals surface area contributed by atoms with Crippen molar-refractivity contribution in [2.75, 3.05) is 12.4 Å². The van der Waals surface area contributed by atoms with Crippen LogP contribution in [-0.4, -0.2) is 33.3 Å². The van der Waals surface area contributed by atoms with E-state index < -0.39 is 0 Å². The minimum atomic E-state index is -0.232. The van der Waals surface area contributed by atoms with Crippen LogP contribution in [0.2, 0.25) is 0 Å². The van der Waals surface area contributed by atoms with Crippen LogP contribution < -0.4 is 5.32 Å². The van der Waals surface area contributed by atoms with Gasteiger partial charge in [0.05, 0.1) is 6.54 Å². The Bertz CT molecular complexity index is 619. The van der Waals surface area contributed by atoms with E-state index in [-0.39, 0.29) is 6.03 Å². The van der Waals surface area contributed by atoms with E-state index in [0.717, 1.165) is 16.5 Å². The summed E-state index contributed by atoms with van der Waals surface area (Å²) in [6, 6.07) is 1.57. The molecule has 0 radical (unpaired) electrons. The molecule has 0 aliphatic heterocycles. The van der Waals surface area contributed by atoms with Gasteiger partial charge in [-0.3, -0.25) is 5.32 Å². The number of nitrogens with one attached hydrogen (secondary N) is 1. The van der Waals surface area contributed by atoms with Gasteiger partial charge in [0.2, 0.25) is 5.13 Å². The highest BCUT2D eigenvalue weighted by molar-refractivity contribution is 7.15. The van der Waals surface area contributed by atoms with E-state index in [9.17, 15) is 4.79 Å². The SMILES string of the molecule is Cc1cc(CN(C)C(=O)Nc2nnc(C3CC3)s2)no1. The van der Waals surface area contributed by atoms with Crippen LogP contribution >= 0.6 is 11.3 Å². The maximum atomic E-state index is 12.0. The van der Waals surface area contributed by atoms with Crippen molar-refractivity contribution in [3.8, 4) is 0 Å². The molecule has 0 bridgehead atoms. The second-order valence-corrected chi connectivity index (χ2v) is 5.94. The highest BCUT2D eigenvalue weighted by Gasteiger charge is 2.27. The molecule has 1 N–H and O–H groups in total. The third-order valence-corrected chi connectivity index (χ3v) is 4.00. The molecule has 3 rings (SSSR count). The van der Waals surface area contributed by atoms with Crippen molar-refractivity contribution >= 4 is 22.5 Å². The van der Waals surface area contributed by atoms with E-state index >= 15 is 0 Å². The minimum absolute atomic E-state index is 0.232. The van der Waals surface area contributed by atoms with Gasteiger partial charge >= 0.3 is 6.03 Å². The smallest absolute Gasteiger partial charge is 0.323 e. The molecule has 20 heavy (non-hydrogen) atoms. The molecule has 2 aromatic heterocycles. The minimum Gasteiger partial charge on any atom is -0.361 e. The van der Waals surface area contributed by atoms with Crippen LogP contribution in [0.3, 0.4) is 0 Å². The Kier molecular flexibility index (Phi) is 3.39. The van der Waals surface area contributed by atoms with Crippen molar-refractivity contribution in [3.63, 3.8) is 0 Å². The van der Waals surface area contributed by atoms with Crippen molar-refractivity contribution in [1.29, 1.82) is 0 Å². The van der Waals surface area contributed by atoms with Gasteiger partial charge in [-0.1, -0.05) is 16.5 Å². The topological polar surface area (TPSA) is 84.2 Å². The van der Waals surface area contributed by atoms with E-state index in [2.05, 4.69) is 20.7 Å². The Labute approximate surface area is 120 Å². The molecule has 8 heteroatoms. The lowest BCUT2D eigenvalue weighted by Gasteiger charge is -2.14. The molecule has 2 aromatic rings. The van der Waals surface area contributed by atoms with E-state index in [0.29, 0.717) is 17.6 Å². The molecule has 2 heterocycles. The molecular formula is C12H15N5O2S. The van der Waals surface area contributed by atoms with Gasteiger partial charge in [0.1, 0.15) is 16.5 Å². The maximum absolute atomic E-state index is 12.0. The zero-order valence-electron chi connectivity index (χ0n) is 11.3. The van der Waals surface area contributed by atoms with E-state index in [1.54, 1.807) is 13.1 Å². The molecule has 0 aromatic carbocycles. The van der Waals surface area contributed by atoms with Crippen molar-refractivity contribution in [1.82, 2.24) is 20.3 Å². The number of aryl methyl sites for hydroxylation is 1. The number of carbonyl (C=O) groups is 1. The maximum Gasteiger partial charge on any atom is 0.323 e. The summed E-state index contributed by atoms with van der Waals surface area (Å²) in [4.78, 5) is 13.5. The van der Waals surface area contributed by atoms with Crippen molar-refractivity contribution in [2.24, 2.45) is 0 Å². The standard InChI is InChI=1S/C12H15N5O2S/c1-7-5-9(16-19-7)6-17(2)12(18)13-11-15-14-10(20-11)8-3-4-8/h5,8H,3-4,6H2,1-2H3,(H,13,15,18). The summed E-state index contributed by atoms with van der Waals surface area (Å²) in [5.41, 5.74) is 0.719.